The minimum atomic E-state index is -0.0624. The highest BCUT2D eigenvalue weighted by atomic mass is 16.5. The first-order chi connectivity index (χ1) is 15.6. The van der Waals surface area contributed by atoms with Gasteiger partial charge in [-0.2, -0.15) is 0 Å². The molecule has 7 heteroatoms. The maximum atomic E-state index is 12.9. The van der Waals surface area contributed by atoms with Crippen molar-refractivity contribution < 1.29 is 14.3 Å². The number of rotatable bonds is 7. The summed E-state index contributed by atoms with van der Waals surface area (Å²) in [7, 11) is 0. The summed E-state index contributed by atoms with van der Waals surface area (Å²) in [4.78, 5) is 21.6. The molecule has 1 aromatic heterocycles. The second kappa shape index (κ2) is 10.8. The Morgan fingerprint density at radius 1 is 1.00 bits per heavy atom. The molecule has 0 aliphatic carbocycles. The van der Waals surface area contributed by atoms with E-state index in [9.17, 15) is 4.79 Å². The highest BCUT2D eigenvalue weighted by Crippen LogP contribution is 2.34. The Morgan fingerprint density at radius 2 is 1.69 bits per heavy atom. The van der Waals surface area contributed by atoms with Crippen LogP contribution in [0.15, 0.2) is 42.7 Å². The lowest BCUT2D eigenvalue weighted by Crippen LogP contribution is -2.49. The molecule has 2 aliphatic rings. The number of carbonyl (C=O) groups excluding carboxylic acids is 1. The Balaban J connectivity index is 1.30. The molecule has 0 saturated carbocycles. The molecule has 0 radical (unpaired) electrons. The number of aromatic nitrogens is 1. The van der Waals surface area contributed by atoms with E-state index >= 15 is 0 Å². The molecule has 1 amide bonds. The normalized spacial score (nSPS) is 18.2. The van der Waals surface area contributed by atoms with Gasteiger partial charge in [-0.3, -0.25) is 19.6 Å². The van der Waals surface area contributed by atoms with Crippen molar-refractivity contribution in [3.63, 3.8) is 0 Å². The van der Waals surface area contributed by atoms with E-state index in [0.717, 1.165) is 56.2 Å². The SMILES string of the molecule is CC(C)C(NC(=O)CN1CCN(Cc2ccncc2)CC1)c1ccc2c(c1)OCCCO2. The van der Waals surface area contributed by atoms with Gasteiger partial charge in [0.05, 0.1) is 25.8 Å². The average molecular weight is 439 g/mol. The van der Waals surface area contributed by atoms with Crippen molar-refractivity contribution in [1.29, 1.82) is 0 Å². The monoisotopic (exact) mass is 438 g/mol. The highest BCUT2D eigenvalue weighted by Gasteiger charge is 2.24. The van der Waals surface area contributed by atoms with E-state index in [2.05, 4.69) is 46.1 Å². The van der Waals surface area contributed by atoms with Crippen LogP contribution in [0.5, 0.6) is 11.5 Å². The van der Waals surface area contributed by atoms with Gasteiger partial charge in [0, 0.05) is 51.5 Å². The Kier molecular flexibility index (Phi) is 7.60. The van der Waals surface area contributed by atoms with E-state index in [1.807, 2.05) is 30.6 Å². The summed E-state index contributed by atoms with van der Waals surface area (Å²) in [5, 5.41) is 3.26. The number of ether oxygens (including phenoxy) is 2. The summed E-state index contributed by atoms with van der Waals surface area (Å²) >= 11 is 0. The third kappa shape index (κ3) is 5.99. The zero-order valence-electron chi connectivity index (χ0n) is 19.1. The van der Waals surface area contributed by atoms with Crippen LogP contribution in [0.1, 0.15) is 37.4 Å². The van der Waals surface area contributed by atoms with Crippen LogP contribution < -0.4 is 14.8 Å². The number of piperazine rings is 1. The lowest BCUT2D eigenvalue weighted by Gasteiger charge is -2.34. The van der Waals surface area contributed by atoms with Gasteiger partial charge in [0.15, 0.2) is 11.5 Å². The van der Waals surface area contributed by atoms with Crippen LogP contribution in [0.3, 0.4) is 0 Å². The first-order valence-electron chi connectivity index (χ1n) is 11.6. The third-order valence-electron chi connectivity index (χ3n) is 6.10. The minimum absolute atomic E-state index is 0.0624. The molecule has 1 fully saturated rings. The first kappa shape index (κ1) is 22.6. The summed E-state index contributed by atoms with van der Waals surface area (Å²) in [6, 6.07) is 10.1. The first-order valence-corrected chi connectivity index (χ1v) is 11.6. The predicted molar refractivity (Wildman–Crippen MR) is 124 cm³/mol. The molecule has 1 unspecified atom stereocenters. The molecule has 32 heavy (non-hydrogen) atoms. The van der Waals surface area contributed by atoms with Gasteiger partial charge in [-0.05, 0) is 41.3 Å². The van der Waals surface area contributed by atoms with Crippen LogP contribution in [0, 0.1) is 5.92 Å². The van der Waals surface area contributed by atoms with Crippen molar-refractivity contribution in [3.8, 4) is 11.5 Å². The topological polar surface area (TPSA) is 66.9 Å². The van der Waals surface area contributed by atoms with Crippen molar-refractivity contribution in [1.82, 2.24) is 20.1 Å². The number of hydrogen-bond acceptors (Lipinski definition) is 6. The molecule has 1 aromatic carbocycles. The van der Waals surface area contributed by atoms with E-state index in [1.54, 1.807) is 0 Å². The lowest BCUT2D eigenvalue weighted by molar-refractivity contribution is -0.123. The smallest absolute Gasteiger partial charge is 0.234 e. The molecule has 1 atom stereocenters. The van der Waals surface area contributed by atoms with Crippen LogP contribution in [-0.4, -0.2) is 66.6 Å². The van der Waals surface area contributed by atoms with Crippen molar-refractivity contribution in [2.45, 2.75) is 32.9 Å². The van der Waals surface area contributed by atoms with Gasteiger partial charge in [0.1, 0.15) is 0 Å². The second-order valence-electron chi connectivity index (χ2n) is 8.95. The number of carbonyl (C=O) groups is 1. The van der Waals surface area contributed by atoms with Crippen molar-refractivity contribution >= 4 is 5.91 Å². The maximum Gasteiger partial charge on any atom is 0.234 e. The van der Waals surface area contributed by atoms with Gasteiger partial charge in [-0.25, -0.2) is 0 Å². The van der Waals surface area contributed by atoms with Crippen molar-refractivity contribution in [3.05, 3.63) is 53.9 Å². The van der Waals surface area contributed by atoms with Crippen LogP contribution in [0.25, 0.3) is 0 Å². The van der Waals surface area contributed by atoms with Crippen LogP contribution >= 0.6 is 0 Å². The largest absolute Gasteiger partial charge is 0.490 e. The van der Waals surface area contributed by atoms with Crippen molar-refractivity contribution in [2.75, 3.05) is 45.9 Å². The Morgan fingerprint density at radius 3 is 2.41 bits per heavy atom. The van der Waals surface area contributed by atoms with Gasteiger partial charge < -0.3 is 14.8 Å². The fourth-order valence-electron chi connectivity index (χ4n) is 4.28. The molecule has 0 bridgehead atoms. The molecule has 172 valence electrons. The molecule has 1 N–H and O–H groups in total. The summed E-state index contributed by atoms with van der Waals surface area (Å²) in [5.74, 6) is 1.88. The predicted octanol–water partition coefficient (Wildman–Crippen LogP) is 2.87. The van der Waals surface area contributed by atoms with Gasteiger partial charge in [0.25, 0.3) is 0 Å². The fraction of sp³-hybridized carbons (Fsp3) is 0.520. The number of pyridine rings is 1. The van der Waals surface area contributed by atoms with Gasteiger partial charge >= 0.3 is 0 Å². The Hall–Kier alpha value is -2.64. The molecule has 2 aliphatic heterocycles. The summed E-state index contributed by atoms with van der Waals surface area (Å²) in [6.45, 7) is 10.7. The number of hydrogen-bond donors (Lipinski definition) is 1. The van der Waals surface area contributed by atoms with Crippen LogP contribution in [0.4, 0.5) is 0 Å². The fourth-order valence-corrected chi connectivity index (χ4v) is 4.28. The molecule has 0 spiro atoms. The number of amides is 1. The zero-order chi connectivity index (χ0) is 22.3. The molecular formula is C25H34N4O3. The Bertz CT molecular complexity index is 882. The summed E-state index contributed by atoms with van der Waals surface area (Å²) < 4.78 is 11.6. The molecule has 7 nitrogen and oxygen atoms in total. The second-order valence-corrected chi connectivity index (χ2v) is 8.95. The summed E-state index contributed by atoms with van der Waals surface area (Å²) in [6.07, 6.45) is 4.55. The molecule has 3 heterocycles. The number of nitrogens with one attached hydrogen (secondary N) is 1. The van der Waals surface area contributed by atoms with Crippen LogP contribution in [0.2, 0.25) is 0 Å². The average Bonchev–Trinajstić information content (AvgIpc) is 3.04. The molecule has 4 rings (SSSR count). The van der Waals surface area contributed by atoms with Gasteiger partial charge in [-0.1, -0.05) is 19.9 Å². The Labute approximate surface area is 190 Å². The molecule has 1 saturated heterocycles. The van der Waals surface area contributed by atoms with Crippen LogP contribution in [-0.2, 0) is 11.3 Å². The van der Waals surface area contributed by atoms with Gasteiger partial charge in [0.2, 0.25) is 5.91 Å². The standard InChI is InChI=1S/C25H34N4O3/c1-19(2)25(21-4-5-22-23(16-21)32-15-3-14-31-22)27-24(30)18-29-12-10-28(11-13-29)17-20-6-8-26-9-7-20/h4-9,16,19,25H,3,10-15,17-18H2,1-2H3,(H,27,30). The maximum absolute atomic E-state index is 12.9. The van der Waals surface area contributed by atoms with E-state index < -0.39 is 0 Å². The highest BCUT2D eigenvalue weighted by molar-refractivity contribution is 5.78. The van der Waals surface area contributed by atoms with E-state index in [0.29, 0.717) is 19.8 Å². The van der Waals surface area contributed by atoms with E-state index in [-0.39, 0.29) is 17.9 Å². The van der Waals surface area contributed by atoms with E-state index in [1.165, 1.54) is 5.56 Å². The minimum Gasteiger partial charge on any atom is -0.490 e. The van der Waals surface area contributed by atoms with Crippen molar-refractivity contribution in [2.24, 2.45) is 5.92 Å². The number of fused-ring (bicyclic) bond motifs is 1. The quantitative estimate of drug-likeness (QED) is 0.717. The third-order valence-corrected chi connectivity index (χ3v) is 6.10. The number of nitrogens with zero attached hydrogens (tertiary/aromatic N) is 3. The number of benzene rings is 1. The molecular weight excluding hydrogens is 404 g/mol. The molecule has 2 aromatic rings. The zero-order valence-corrected chi connectivity index (χ0v) is 19.1. The lowest BCUT2D eigenvalue weighted by atomic mass is 9.95. The van der Waals surface area contributed by atoms with E-state index in [4.69, 9.17) is 9.47 Å². The summed E-state index contributed by atoms with van der Waals surface area (Å²) in [5.41, 5.74) is 2.33. The van der Waals surface area contributed by atoms with Gasteiger partial charge in [-0.15, -0.1) is 0 Å².